The highest BCUT2D eigenvalue weighted by Gasteiger charge is 2.40. The molecule has 1 aromatic heterocycles. The van der Waals surface area contributed by atoms with Gasteiger partial charge in [0, 0.05) is 23.7 Å². The number of methoxy groups -OCH3 is 1. The first-order valence-corrected chi connectivity index (χ1v) is 11.4. The summed E-state index contributed by atoms with van der Waals surface area (Å²) in [5, 5.41) is 0. The molecule has 2 aromatic carbocycles. The van der Waals surface area contributed by atoms with Crippen molar-refractivity contribution in [3.8, 4) is 11.4 Å². The van der Waals surface area contributed by atoms with Crippen LogP contribution in [0, 0.1) is 12.7 Å². The van der Waals surface area contributed by atoms with Gasteiger partial charge in [-0.3, -0.25) is 9.69 Å². The van der Waals surface area contributed by atoms with Gasteiger partial charge < -0.3 is 15.0 Å². The molecule has 0 bridgehead atoms. The first-order chi connectivity index (χ1) is 17.2. The molecule has 1 aliphatic rings. The molecule has 0 saturated carbocycles. The fourth-order valence-electron chi connectivity index (χ4n) is 4.16. The van der Waals surface area contributed by atoms with Gasteiger partial charge in [0.1, 0.15) is 17.4 Å². The number of imidazole rings is 1. The minimum atomic E-state index is -0.418. The lowest BCUT2D eigenvalue weighted by Crippen LogP contribution is -2.32. The summed E-state index contributed by atoms with van der Waals surface area (Å²) >= 11 is 0. The van der Waals surface area contributed by atoms with E-state index in [0.29, 0.717) is 28.4 Å². The van der Waals surface area contributed by atoms with Crippen LogP contribution in [0.15, 0.2) is 89.6 Å². The van der Waals surface area contributed by atoms with E-state index >= 15 is 0 Å². The predicted molar refractivity (Wildman–Crippen MR) is 139 cm³/mol. The first kappa shape index (κ1) is 24.7. The molecule has 36 heavy (non-hydrogen) atoms. The Labute approximate surface area is 209 Å². The number of benzene rings is 2. The van der Waals surface area contributed by atoms with Crippen molar-refractivity contribution in [2.75, 3.05) is 7.11 Å². The van der Waals surface area contributed by atoms with Crippen molar-refractivity contribution in [3.05, 3.63) is 107 Å². The number of halogens is 1. The topological polar surface area (TPSA) is 85.7 Å². The van der Waals surface area contributed by atoms with Gasteiger partial charge in [0.15, 0.2) is 0 Å². The van der Waals surface area contributed by atoms with Crippen molar-refractivity contribution in [2.24, 2.45) is 10.7 Å². The van der Waals surface area contributed by atoms with E-state index in [1.54, 1.807) is 43.5 Å². The van der Waals surface area contributed by atoms with Crippen molar-refractivity contribution in [1.29, 1.82) is 0 Å². The number of nitrogens with zero attached hydrogens (tertiary/aromatic N) is 4. The van der Waals surface area contributed by atoms with Crippen molar-refractivity contribution < 1.29 is 13.9 Å². The molecule has 0 aliphatic carbocycles. The number of aliphatic imine (C=N–C) groups is 1. The number of aromatic nitrogens is 2. The fraction of sp³-hybridized carbons (Fsp3) is 0.179. The van der Waals surface area contributed by atoms with Crippen LogP contribution in [0.2, 0.25) is 0 Å². The maximum atomic E-state index is 13.7. The Morgan fingerprint density at radius 2 is 1.94 bits per heavy atom. The van der Waals surface area contributed by atoms with Gasteiger partial charge in [0.25, 0.3) is 5.91 Å². The molecular weight excluding hydrogens is 457 g/mol. The summed E-state index contributed by atoms with van der Waals surface area (Å²) in [5.41, 5.74) is 10.6. The summed E-state index contributed by atoms with van der Waals surface area (Å²) in [6.45, 7) is 9.40. The predicted octanol–water partition coefficient (Wildman–Crippen LogP) is 5.09. The normalized spacial score (nSPS) is 17.9. The van der Waals surface area contributed by atoms with E-state index in [0.717, 1.165) is 22.5 Å². The monoisotopic (exact) mass is 485 g/mol. The SMILES string of the molecule is C=C(C)N=C1C(=C\N)/C(=C\c2ccc(-n3cnc(C)c3)c(OC)c2)C(=O)N1C(C)c1ccc(F)cc1. The van der Waals surface area contributed by atoms with E-state index in [-0.39, 0.29) is 11.7 Å². The highest BCUT2D eigenvalue weighted by Crippen LogP contribution is 2.36. The Kier molecular flexibility index (Phi) is 6.87. The molecule has 0 radical (unpaired) electrons. The number of nitrogens with two attached hydrogens (primary N) is 1. The summed E-state index contributed by atoms with van der Waals surface area (Å²) in [6.07, 6.45) is 6.76. The maximum absolute atomic E-state index is 13.7. The van der Waals surface area contributed by atoms with E-state index in [1.807, 2.05) is 42.8 Å². The summed E-state index contributed by atoms with van der Waals surface area (Å²) in [7, 11) is 1.59. The zero-order valence-electron chi connectivity index (χ0n) is 20.7. The molecular formula is C28H28FN5O2. The van der Waals surface area contributed by atoms with Crippen LogP contribution in [0.25, 0.3) is 11.8 Å². The van der Waals surface area contributed by atoms with Gasteiger partial charge in [-0.15, -0.1) is 0 Å². The molecule has 2 N–H and O–H groups in total. The minimum absolute atomic E-state index is 0.267. The van der Waals surface area contributed by atoms with Crippen molar-refractivity contribution in [2.45, 2.75) is 26.8 Å². The smallest absolute Gasteiger partial charge is 0.260 e. The molecule has 1 aliphatic heterocycles. The Hall–Kier alpha value is -4.46. The lowest BCUT2D eigenvalue weighted by atomic mass is 10.0. The van der Waals surface area contributed by atoms with Crippen LogP contribution in [-0.4, -0.2) is 33.3 Å². The summed E-state index contributed by atoms with van der Waals surface area (Å²) in [5.74, 6) is 0.408. The molecule has 1 amide bonds. The van der Waals surface area contributed by atoms with E-state index in [2.05, 4.69) is 16.6 Å². The lowest BCUT2D eigenvalue weighted by Gasteiger charge is -2.25. The Morgan fingerprint density at radius 3 is 2.53 bits per heavy atom. The van der Waals surface area contributed by atoms with Gasteiger partial charge in [0.2, 0.25) is 0 Å². The lowest BCUT2D eigenvalue weighted by molar-refractivity contribution is -0.123. The van der Waals surface area contributed by atoms with Crippen LogP contribution in [0.1, 0.15) is 36.7 Å². The first-order valence-electron chi connectivity index (χ1n) is 11.4. The summed E-state index contributed by atoms with van der Waals surface area (Å²) in [4.78, 5) is 24.1. The van der Waals surface area contributed by atoms with E-state index in [4.69, 9.17) is 10.5 Å². The van der Waals surface area contributed by atoms with Gasteiger partial charge >= 0.3 is 0 Å². The molecule has 1 fully saturated rings. The number of aryl methyl sites for hydroxylation is 1. The number of amidine groups is 1. The number of hydrogen-bond acceptors (Lipinski definition) is 5. The number of ether oxygens (including phenoxy) is 1. The maximum Gasteiger partial charge on any atom is 0.260 e. The van der Waals surface area contributed by atoms with Crippen LogP contribution >= 0.6 is 0 Å². The molecule has 7 nitrogen and oxygen atoms in total. The van der Waals surface area contributed by atoms with Crippen LogP contribution in [0.4, 0.5) is 4.39 Å². The average molecular weight is 486 g/mol. The molecule has 0 spiro atoms. The number of likely N-dealkylation sites (tertiary alicyclic amines) is 1. The molecule has 1 saturated heterocycles. The van der Waals surface area contributed by atoms with Crippen LogP contribution in [0.5, 0.6) is 5.75 Å². The number of carbonyl (C=O) groups is 1. The molecule has 1 unspecified atom stereocenters. The van der Waals surface area contributed by atoms with Gasteiger partial charge in [-0.1, -0.05) is 24.8 Å². The van der Waals surface area contributed by atoms with Gasteiger partial charge in [0.05, 0.1) is 36.4 Å². The second-order valence-electron chi connectivity index (χ2n) is 8.57. The van der Waals surface area contributed by atoms with Crippen LogP contribution in [-0.2, 0) is 4.79 Å². The Bertz CT molecular complexity index is 1420. The molecule has 4 rings (SSSR count). The standard InChI is InChI=1S/C28H28FN5O2/c1-17(2)32-27-24(14-30)23(28(35)34(27)19(4)21-7-9-22(29)10-8-21)12-20-6-11-25(26(13-20)36-5)33-15-18(3)31-16-33/h6-16,19H,1,30H2,2-5H3/b23-12+,24-14-,32-27?. The van der Waals surface area contributed by atoms with Crippen molar-refractivity contribution in [1.82, 2.24) is 14.5 Å². The summed E-state index contributed by atoms with van der Waals surface area (Å²) in [6, 6.07) is 11.3. The van der Waals surface area contributed by atoms with Crippen LogP contribution < -0.4 is 10.5 Å². The third-order valence-electron chi connectivity index (χ3n) is 5.92. The third-order valence-corrected chi connectivity index (χ3v) is 5.92. The Morgan fingerprint density at radius 1 is 1.22 bits per heavy atom. The average Bonchev–Trinajstić information content (AvgIpc) is 3.39. The van der Waals surface area contributed by atoms with Crippen LogP contribution in [0.3, 0.4) is 0 Å². The van der Waals surface area contributed by atoms with Gasteiger partial charge in [-0.25, -0.2) is 14.4 Å². The van der Waals surface area contributed by atoms with Gasteiger partial charge in [-0.05, 0) is 62.2 Å². The zero-order chi connectivity index (χ0) is 26.0. The Balaban J connectivity index is 1.79. The third kappa shape index (κ3) is 4.70. The second-order valence-corrected chi connectivity index (χ2v) is 8.57. The quantitative estimate of drug-likeness (QED) is 0.493. The number of hydrogen-bond donors (Lipinski definition) is 1. The minimum Gasteiger partial charge on any atom is -0.495 e. The van der Waals surface area contributed by atoms with Crippen molar-refractivity contribution >= 4 is 17.8 Å². The van der Waals surface area contributed by atoms with Gasteiger partial charge in [-0.2, -0.15) is 0 Å². The number of amides is 1. The largest absolute Gasteiger partial charge is 0.495 e. The zero-order valence-corrected chi connectivity index (χ0v) is 20.7. The second kappa shape index (κ2) is 10.0. The summed E-state index contributed by atoms with van der Waals surface area (Å²) < 4.78 is 21.0. The molecule has 3 aromatic rings. The number of carbonyl (C=O) groups excluding carboxylic acids is 1. The number of rotatable bonds is 6. The highest BCUT2D eigenvalue weighted by molar-refractivity contribution is 6.28. The van der Waals surface area contributed by atoms with E-state index in [1.165, 1.54) is 18.3 Å². The van der Waals surface area contributed by atoms with E-state index in [9.17, 15) is 9.18 Å². The number of allylic oxidation sites excluding steroid dienone is 1. The molecule has 8 heteroatoms. The molecule has 2 heterocycles. The molecule has 184 valence electrons. The molecule has 1 atom stereocenters. The highest BCUT2D eigenvalue weighted by atomic mass is 19.1. The fourth-order valence-corrected chi connectivity index (χ4v) is 4.16. The van der Waals surface area contributed by atoms with E-state index < -0.39 is 6.04 Å². The van der Waals surface area contributed by atoms with Crippen molar-refractivity contribution in [3.63, 3.8) is 0 Å².